The van der Waals surface area contributed by atoms with Crippen LogP contribution in [-0.4, -0.2) is 11.0 Å². The summed E-state index contributed by atoms with van der Waals surface area (Å²) in [7, 11) is 0. The number of nitro groups is 1. The average molecular weight is 222 g/mol. The Morgan fingerprint density at radius 3 is 2.50 bits per heavy atom. The van der Waals surface area contributed by atoms with Gasteiger partial charge in [0.2, 0.25) is 5.82 Å². The number of benzene rings is 1. The van der Waals surface area contributed by atoms with Gasteiger partial charge < -0.3 is 0 Å². The molecule has 0 aliphatic heterocycles. The average Bonchev–Trinajstić information content (AvgIpc) is 2.07. The van der Waals surface area contributed by atoms with Gasteiger partial charge in [0.1, 0.15) is 0 Å². The summed E-state index contributed by atoms with van der Waals surface area (Å²) in [5.41, 5.74) is -2.07. The minimum atomic E-state index is -2.10. The van der Waals surface area contributed by atoms with Crippen LogP contribution in [0.25, 0.3) is 0 Å². The van der Waals surface area contributed by atoms with E-state index in [1.165, 1.54) is 0 Å². The second-order valence-corrected chi connectivity index (χ2v) is 2.75. The van der Waals surface area contributed by atoms with Crippen molar-refractivity contribution in [3.8, 4) is 0 Å². The highest BCUT2D eigenvalue weighted by Crippen LogP contribution is 2.26. The second-order valence-electron chi connectivity index (χ2n) is 2.32. The van der Waals surface area contributed by atoms with E-state index in [1.54, 1.807) is 0 Å². The first-order chi connectivity index (χ1) is 6.43. The van der Waals surface area contributed by atoms with Crippen LogP contribution in [0.4, 0.5) is 14.5 Å². The SMILES string of the molecule is O=C(F)c1cc(Cl)cc([N+](=O)[O-])c1F. The van der Waals surface area contributed by atoms with Crippen molar-refractivity contribution in [3.05, 3.63) is 38.7 Å². The highest BCUT2D eigenvalue weighted by atomic mass is 35.5. The number of hydrogen-bond acceptors (Lipinski definition) is 3. The molecule has 4 nitrogen and oxygen atoms in total. The molecule has 0 heterocycles. The fourth-order valence-corrected chi connectivity index (χ4v) is 1.06. The molecule has 14 heavy (non-hydrogen) atoms. The summed E-state index contributed by atoms with van der Waals surface area (Å²) < 4.78 is 25.2. The molecular formula is C7H2ClF2NO3. The summed E-state index contributed by atoms with van der Waals surface area (Å²) in [6, 6.07) is -0.719. The number of hydrogen-bond donors (Lipinski definition) is 0. The van der Waals surface area contributed by atoms with Crippen molar-refractivity contribution in [2.45, 2.75) is 0 Å². The number of halogens is 3. The van der Waals surface area contributed by atoms with Crippen molar-refractivity contribution in [1.29, 1.82) is 0 Å². The number of nitro benzene ring substituents is 1. The maximum atomic E-state index is 13.0. The Kier molecular flexibility index (Phi) is 2.76. The molecule has 0 saturated carbocycles. The van der Waals surface area contributed by atoms with Gasteiger partial charge in [0, 0.05) is 11.1 Å². The summed E-state index contributed by atoms with van der Waals surface area (Å²) in [4.78, 5) is 19.3. The quantitative estimate of drug-likeness (QED) is 0.438. The zero-order chi connectivity index (χ0) is 10.9. The Balaban J connectivity index is 3.47. The zero-order valence-electron chi connectivity index (χ0n) is 6.46. The molecule has 0 amide bonds. The van der Waals surface area contributed by atoms with Crippen LogP contribution >= 0.6 is 11.6 Å². The van der Waals surface area contributed by atoms with Crippen molar-refractivity contribution < 1.29 is 18.5 Å². The van der Waals surface area contributed by atoms with Crippen molar-refractivity contribution in [2.75, 3.05) is 0 Å². The highest BCUT2D eigenvalue weighted by molar-refractivity contribution is 6.31. The summed E-state index contributed by atoms with van der Waals surface area (Å²) >= 11 is 5.32. The number of carbonyl (C=O) groups excluding carboxylic acids is 1. The summed E-state index contributed by atoms with van der Waals surface area (Å²) in [6.45, 7) is 0. The van der Waals surface area contributed by atoms with Gasteiger partial charge in [-0.2, -0.15) is 8.78 Å². The lowest BCUT2D eigenvalue weighted by Gasteiger charge is -1.98. The summed E-state index contributed by atoms with van der Waals surface area (Å²) in [6.07, 6.45) is 0. The van der Waals surface area contributed by atoms with Gasteiger partial charge in [-0.3, -0.25) is 14.9 Å². The van der Waals surface area contributed by atoms with Crippen LogP contribution in [0.3, 0.4) is 0 Å². The maximum Gasteiger partial charge on any atom is 0.335 e. The van der Waals surface area contributed by atoms with Crippen LogP contribution in [0.15, 0.2) is 12.1 Å². The lowest BCUT2D eigenvalue weighted by Crippen LogP contribution is -2.00. The zero-order valence-corrected chi connectivity index (χ0v) is 7.22. The van der Waals surface area contributed by atoms with E-state index >= 15 is 0 Å². The van der Waals surface area contributed by atoms with Crippen molar-refractivity contribution in [2.24, 2.45) is 0 Å². The molecule has 1 aromatic carbocycles. The molecule has 0 aliphatic rings. The van der Waals surface area contributed by atoms with Crippen molar-refractivity contribution in [3.63, 3.8) is 0 Å². The predicted molar refractivity (Wildman–Crippen MR) is 43.5 cm³/mol. The van der Waals surface area contributed by atoms with E-state index in [2.05, 4.69) is 0 Å². The first-order valence-corrected chi connectivity index (χ1v) is 3.64. The standard InChI is InChI=1S/C7H2ClF2NO3/c8-3-1-4(7(10)12)6(9)5(2-3)11(13)14/h1-2H. The van der Waals surface area contributed by atoms with Crippen LogP contribution in [-0.2, 0) is 0 Å². The van der Waals surface area contributed by atoms with E-state index in [9.17, 15) is 23.7 Å². The van der Waals surface area contributed by atoms with E-state index < -0.39 is 28.0 Å². The minimum Gasteiger partial charge on any atom is -0.258 e. The van der Waals surface area contributed by atoms with Crippen LogP contribution in [0.5, 0.6) is 0 Å². The van der Waals surface area contributed by atoms with Crippen molar-refractivity contribution in [1.82, 2.24) is 0 Å². The van der Waals surface area contributed by atoms with E-state index in [4.69, 9.17) is 11.6 Å². The maximum absolute atomic E-state index is 13.0. The van der Waals surface area contributed by atoms with Gasteiger partial charge in [0.15, 0.2) is 0 Å². The summed E-state index contributed by atoms with van der Waals surface area (Å²) in [5.74, 6) is -1.52. The van der Waals surface area contributed by atoms with Crippen LogP contribution in [0.1, 0.15) is 10.4 Å². The Morgan fingerprint density at radius 1 is 1.50 bits per heavy atom. The fraction of sp³-hybridized carbons (Fsp3) is 0. The monoisotopic (exact) mass is 221 g/mol. The molecule has 0 unspecified atom stereocenters. The van der Waals surface area contributed by atoms with Crippen LogP contribution in [0.2, 0.25) is 5.02 Å². The highest BCUT2D eigenvalue weighted by Gasteiger charge is 2.23. The Bertz CT molecular complexity index is 386. The lowest BCUT2D eigenvalue weighted by atomic mass is 10.2. The molecule has 1 rings (SSSR count). The Morgan fingerprint density at radius 2 is 2.07 bits per heavy atom. The van der Waals surface area contributed by atoms with Gasteiger partial charge in [-0.1, -0.05) is 11.6 Å². The first kappa shape index (κ1) is 10.5. The van der Waals surface area contributed by atoms with Gasteiger partial charge in [0.05, 0.1) is 10.5 Å². The Labute approximate surface area is 81.2 Å². The molecule has 1 aromatic rings. The van der Waals surface area contributed by atoms with Gasteiger partial charge in [0.25, 0.3) is 0 Å². The van der Waals surface area contributed by atoms with Gasteiger partial charge in [-0.15, -0.1) is 0 Å². The predicted octanol–water partition coefficient (Wildman–Crippen LogP) is 2.50. The molecule has 0 aliphatic carbocycles. The molecule has 0 radical (unpaired) electrons. The fourth-order valence-electron chi connectivity index (χ4n) is 0.851. The normalized spacial score (nSPS) is 9.93. The third-order valence-electron chi connectivity index (χ3n) is 1.43. The Hall–Kier alpha value is -1.56. The van der Waals surface area contributed by atoms with E-state index in [0.29, 0.717) is 12.1 Å². The first-order valence-electron chi connectivity index (χ1n) is 3.26. The van der Waals surface area contributed by atoms with E-state index in [-0.39, 0.29) is 5.02 Å². The molecule has 74 valence electrons. The minimum absolute atomic E-state index is 0.279. The van der Waals surface area contributed by atoms with Crippen LogP contribution < -0.4 is 0 Å². The number of carbonyl (C=O) groups is 1. The lowest BCUT2D eigenvalue weighted by molar-refractivity contribution is -0.387. The number of rotatable bonds is 2. The third-order valence-corrected chi connectivity index (χ3v) is 1.64. The molecule has 0 bridgehead atoms. The molecule has 0 N–H and O–H groups in total. The van der Waals surface area contributed by atoms with Gasteiger partial charge in [-0.05, 0) is 6.07 Å². The number of nitrogens with zero attached hydrogens (tertiary/aromatic N) is 1. The molecule has 0 spiro atoms. The topological polar surface area (TPSA) is 60.2 Å². The molecule has 0 fully saturated rings. The summed E-state index contributed by atoms with van der Waals surface area (Å²) in [5, 5.41) is 9.94. The van der Waals surface area contributed by atoms with E-state index in [1.807, 2.05) is 0 Å². The van der Waals surface area contributed by atoms with Crippen molar-refractivity contribution >= 4 is 23.3 Å². The van der Waals surface area contributed by atoms with E-state index in [0.717, 1.165) is 0 Å². The molecule has 0 aromatic heterocycles. The molecule has 7 heteroatoms. The van der Waals surface area contributed by atoms with Crippen LogP contribution in [0, 0.1) is 15.9 Å². The third kappa shape index (κ3) is 1.85. The largest absolute Gasteiger partial charge is 0.335 e. The second kappa shape index (κ2) is 3.67. The molecule has 0 atom stereocenters. The van der Waals surface area contributed by atoms with Gasteiger partial charge >= 0.3 is 11.7 Å². The molecule has 0 saturated heterocycles. The van der Waals surface area contributed by atoms with Gasteiger partial charge in [-0.25, -0.2) is 0 Å². The molecular weight excluding hydrogens is 220 g/mol. The smallest absolute Gasteiger partial charge is 0.258 e.